The van der Waals surface area contributed by atoms with E-state index in [1.807, 2.05) is 37.4 Å². The molecule has 24 heavy (non-hydrogen) atoms. The fraction of sp³-hybridized carbons (Fsp3) is 0.222. The highest BCUT2D eigenvalue weighted by Crippen LogP contribution is 2.36. The quantitative estimate of drug-likeness (QED) is 0.771. The van der Waals surface area contributed by atoms with Crippen LogP contribution in [0.2, 0.25) is 0 Å². The minimum Gasteiger partial charge on any atom is -0.454 e. The molecule has 1 aliphatic heterocycles. The van der Waals surface area contributed by atoms with Gasteiger partial charge < -0.3 is 14.8 Å². The molecule has 6 heteroatoms. The maximum atomic E-state index is 5.43. The molecule has 0 amide bonds. The van der Waals surface area contributed by atoms with E-state index in [-0.39, 0.29) is 0 Å². The Balaban J connectivity index is 1.39. The van der Waals surface area contributed by atoms with Crippen molar-refractivity contribution in [2.75, 3.05) is 6.79 Å². The smallest absolute Gasteiger partial charge is 0.231 e. The fourth-order valence-electron chi connectivity index (χ4n) is 2.49. The second kappa shape index (κ2) is 6.59. The molecule has 2 aromatic heterocycles. The molecule has 1 aromatic carbocycles. The van der Waals surface area contributed by atoms with Gasteiger partial charge >= 0.3 is 0 Å². The van der Waals surface area contributed by atoms with Crippen molar-refractivity contribution in [3.63, 3.8) is 0 Å². The van der Waals surface area contributed by atoms with Crippen LogP contribution in [0, 0.1) is 6.92 Å². The van der Waals surface area contributed by atoms with Gasteiger partial charge in [0, 0.05) is 35.9 Å². The molecule has 1 N–H and O–H groups in total. The van der Waals surface area contributed by atoms with E-state index >= 15 is 0 Å². The molecule has 3 heterocycles. The van der Waals surface area contributed by atoms with Crippen LogP contribution in [0.25, 0.3) is 10.6 Å². The highest BCUT2D eigenvalue weighted by molar-refractivity contribution is 7.13. The van der Waals surface area contributed by atoms with Crippen LogP contribution in [0.5, 0.6) is 11.5 Å². The normalized spacial score (nSPS) is 12.5. The second-order valence-corrected chi connectivity index (χ2v) is 6.48. The Morgan fingerprint density at radius 1 is 1.12 bits per heavy atom. The summed E-state index contributed by atoms with van der Waals surface area (Å²) in [6.07, 6.45) is 1.90. The number of benzene rings is 1. The summed E-state index contributed by atoms with van der Waals surface area (Å²) in [5, 5.41) is 6.48. The Morgan fingerprint density at radius 2 is 2.04 bits per heavy atom. The molecule has 0 saturated heterocycles. The minimum atomic E-state index is 0.291. The van der Waals surface area contributed by atoms with Crippen LogP contribution < -0.4 is 14.8 Å². The molecular formula is C18H17N3O2S. The van der Waals surface area contributed by atoms with Gasteiger partial charge in [-0.2, -0.15) is 0 Å². The van der Waals surface area contributed by atoms with E-state index in [1.165, 1.54) is 5.56 Å². The lowest BCUT2D eigenvalue weighted by molar-refractivity contribution is 0.174. The number of aryl methyl sites for hydroxylation is 1. The van der Waals surface area contributed by atoms with Gasteiger partial charge in [0.05, 0.1) is 5.69 Å². The second-order valence-electron chi connectivity index (χ2n) is 5.62. The zero-order chi connectivity index (χ0) is 16.4. The summed E-state index contributed by atoms with van der Waals surface area (Å²) in [4.78, 5) is 9.00. The monoisotopic (exact) mass is 339 g/mol. The van der Waals surface area contributed by atoms with Crippen molar-refractivity contribution in [2.45, 2.75) is 20.0 Å². The third-order valence-corrected chi connectivity index (χ3v) is 4.72. The Bertz CT molecular complexity index is 846. The van der Waals surface area contributed by atoms with E-state index in [9.17, 15) is 0 Å². The van der Waals surface area contributed by atoms with Crippen LogP contribution in [0.15, 0.2) is 41.9 Å². The van der Waals surface area contributed by atoms with Crippen molar-refractivity contribution in [3.8, 4) is 22.1 Å². The molecule has 0 saturated carbocycles. The van der Waals surface area contributed by atoms with Crippen LogP contribution in [0.3, 0.4) is 0 Å². The zero-order valence-corrected chi connectivity index (χ0v) is 14.1. The van der Waals surface area contributed by atoms with Crippen molar-refractivity contribution in [1.29, 1.82) is 0 Å². The van der Waals surface area contributed by atoms with Crippen LogP contribution in [-0.4, -0.2) is 16.8 Å². The summed E-state index contributed by atoms with van der Waals surface area (Å²) in [5.74, 6) is 1.58. The van der Waals surface area contributed by atoms with Gasteiger partial charge in [-0.15, -0.1) is 11.3 Å². The first-order valence-electron chi connectivity index (χ1n) is 7.74. The first-order valence-corrected chi connectivity index (χ1v) is 8.62. The minimum absolute atomic E-state index is 0.291. The molecule has 4 rings (SSSR count). The van der Waals surface area contributed by atoms with Crippen molar-refractivity contribution in [3.05, 3.63) is 58.9 Å². The summed E-state index contributed by atoms with van der Waals surface area (Å²) >= 11 is 1.64. The lowest BCUT2D eigenvalue weighted by atomic mass is 10.2. The van der Waals surface area contributed by atoms with Crippen molar-refractivity contribution >= 4 is 11.3 Å². The first-order chi connectivity index (χ1) is 11.8. The van der Waals surface area contributed by atoms with Gasteiger partial charge in [0.15, 0.2) is 11.5 Å². The molecule has 122 valence electrons. The Morgan fingerprint density at radius 3 is 2.92 bits per heavy atom. The lowest BCUT2D eigenvalue weighted by Gasteiger charge is -2.03. The molecule has 0 unspecified atom stereocenters. The van der Waals surface area contributed by atoms with Gasteiger partial charge in [-0.05, 0) is 36.8 Å². The molecule has 5 nitrogen and oxygen atoms in total. The average molecular weight is 339 g/mol. The highest BCUT2D eigenvalue weighted by atomic mass is 32.1. The topological polar surface area (TPSA) is 56.3 Å². The van der Waals surface area contributed by atoms with Gasteiger partial charge in [-0.1, -0.05) is 6.07 Å². The molecule has 0 fully saturated rings. The largest absolute Gasteiger partial charge is 0.454 e. The number of aromatic nitrogens is 2. The first kappa shape index (κ1) is 15.1. The number of rotatable bonds is 5. The number of pyridine rings is 1. The van der Waals surface area contributed by atoms with Crippen molar-refractivity contribution in [1.82, 2.24) is 15.3 Å². The number of ether oxygens (including phenoxy) is 2. The maximum absolute atomic E-state index is 5.43. The average Bonchev–Trinajstić information content (AvgIpc) is 3.25. The fourth-order valence-corrected chi connectivity index (χ4v) is 3.30. The van der Waals surface area contributed by atoms with Gasteiger partial charge in [-0.25, -0.2) is 4.98 Å². The third-order valence-electron chi connectivity index (χ3n) is 3.78. The Hall–Kier alpha value is -2.44. The van der Waals surface area contributed by atoms with Gasteiger partial charge in [0.1, 0.15) is 5.01 Å². The van der Waals surface area contributed by atoms with Gasteiger partial charge in [0.2, 0.25) is 6.79 Å². The molecule has 0 aliphatic carbocycles. The van der Waals surface area contributed by atoms with E-state index < -0.39 is 0 Å². The summed E-state index contributed by atoms with van der Waals surface area (Å²) in [5.41, 5.74) is 4.30. The summed E-state index contributed by atoms with van der Waals surface area (Å²) in [6, 6.07) is 10.0. The molecular weight excluding hydrogens is 322 g/mol. The third kappa shape index (κ3) is 3.25. The van der Waals surface area contributed by atoms with E-state index in [1.54, 1.807) is 11.3 Å². The van der Waals surface area contributed by atoms with Crippen LogP contribution in [0.1, 0.15) is 17.0 Å². The molecule has 0 spiro atoms. The maximum Gasteiger partial charge on any atom is 0.231 e. The number of fused-ring (bicyclic) bond motifs is 1. The van der Waals surface area contributed by atoms with Crippen molar-refractivity contribution in [2.24, 2.45) is 0 Å². The number of hydrogen-bond donors (Lipinski definition) is 1. The Labute approximate surface area is 144 Å². The molecule has 0 bridgehead atoms. The summed E-state index contributed by atoms with van der Waals surface area (Å²) in [7, 11) is 0. The van der Waals surface area contributed by atoms with Crippen LogP contribution in [0.4, 0.5) is 0 Å². The lowest BCUT2D eigenvalue weighted by Crippen LogP contribution is -2.13. The zero-order valence-electron chi connectivity index (χ0n) is 13.3. The van der Waals surface area contributed by atoms with Gasteiger partial charge in [-0.3, -0.25) is 4.98 Å². The van der Waals surface area contributed by atoms with E-state index in [2.05, 4.69) is 21.7 Å². The predicted octanol–water partition coefficient (Wildman–Crippen LogP) is 3.53. The van der Waals surface area contributed by atoms with Crippen molar-refractivity contribution < 1.29 is 9.47 Å². The van der Waals surface area contributed by atoms with E-state index in [4.69, 9.17) is 14.5 Å². The van der Waals surface area contributed by atoms with E-state index in [0.717, 1.165) is 46.5 Å². The molecule has 0 atom stereocenters. The Kier molecular flexibility index (Phi) is 4.15. The highest BCUT2D eigenvalue weighted by Gasteiger charge is 2.15. The number of nitrogens with zero attached hydrogens (tertiary/aromatic N) is 2. The van der Waals surface area contributed by atoms with Gasteiger partial charge in [0.25, 0.3) is 0 Å². The molecule has 3 aromatic rings. The SMILES string of the molecule is Cc1ccc(CNCc2csc(-c3ccc4c(c3)OCO4)n2)cn1. The van der Waals surface area contributed by atoms with Crippen LogP contribution >= 0.6 is 11.3 Å². The number of nitrogens with one attached hydrogen (secondary N) is 1. The molecule has 0 radical (unpaired) electrons. The number of hydrogen-bond acceptors (Lipinski definition) is 6. The summed E-state index contributed by atoms with van der Waals surface area (Å²) in [6.45, 7) is 3.79. The van der Waals surface area contributed by atoms with Crippen LogP contribution in [-0.2, 0) is 13.1 Å². The standard InChI is InChI=1S/C18H17N3O2S/c1-12-2-3-13(8-20-12)7-19-9-15-10-24-18(21-15)14-4-5-16-17(6-14)23-11-22-16/h2-6,8,10,19H,7,9,11H2,1H3. The predicted molar refractivity (Wildman–Crippen MR) is 93.2 cm³/mol. The van der Waals surface area contributed by atoms with E-state index in [0.29, 0.717) is 6.79 Å². The number of thiazole rings is 1. The molecule has 1 aliphatic rings. The summed E-state index contributed by atoms with van der Waals surface area (Å²) < 4.78 is 10.8.